The van der Waals surface area contributed by atoms with Crippen LogP contribution in [0.4, 0.5) is 0 Å². The first-order valence-electron chi connectivity index (χ1n) is 7.89. The van der Waals surface area contributed by atoms with E-state index in [0.717, 1.165) is 12.2 Å². The van der Waals surface area contributed by atoms with Crippen molar-refractivity contribution >= 4 is 11.8 Å². The van der Waals surface area contributed by atoms with E-state index in [0.29, 0.717) is 31.1 Å². The van der Waals surface area contributed by atoms with Gasteiger partial charge in [0.1, 0.15) is 11.5 Å². The van der Waals surface area contributed by atoms with Gasteiger partial charge in [-0.25, -0.2) is 4.98 Å². The van der Waals surface area contributed by atoms with Gasteiger partial charge >= 0.3 is 0 Å². The molecule has 0 saturated carbocycles. The number of carbonyl (C=O) groups excluding carboxylic acids is 2. The summed E-state index contributed by atoms with van der Waals surface area (Å²) in [6.07, 6.45) is 3.27. The maximum Gasteiger partial charge on any atom is 0.273 e. The smallest absolute Gasteiger partial charge is 0.273 e. The second-order valence-electron chi connectivity index (χ2n) is 6.57. The molecule has 0 bridgehead atoms. The molecule has 0 N–H and O–H groups in total. The summed E-state index contributed by atoms with van der Waals surface area (Å²) in [5.41, 5.74) is 0.448. The molecule has 2 heterocycles. The van der Waals surface area contributed by atoms with Gasteiger partial charge in [0.25, 0.3) is 5.91 Å². The monoisotopic (exact) mass is 306 g/mol. The van der Waals surface area contributed by atoms with Crippen molar-refractivity contribution in [3.05, 3.63) is 17.7 Å². The van der Waals surface area contributed by atoms with Crippen LogP contribution in [-0.4, -0.2) is 51.8 Å². The zero-order chi connectivity index (χ0) is 16.4. The molecular formula is C16H26N4O2. The van der Waals surface area contributed by atoms with Crippen molar-refractivity contribution in [2.24, 2.45) is 5.92 Å². The second kappa shape index (κ2) is 6.50. The average Bonchev–Trinajstić information content (AvgIpc) is 2.89. The average molecular weight is 306 g/mol. The number of hydrogen-bond acceptors (Lipinski definition) is 3. The van der Waals surface area contributed by atoms with Gasteiger partial charge in [-0.1, -0.05) is 13.8 Å². The minimum Gasteiger partial charge on any atom is -0.343 e. The van der Waals surface area contributed by atoms with Crippen LogP contribution >= 0.6 is 0 Å². The Morgan fingerprint density at radius 2 is 2.05 bits per heavy atom. The molecule has 0 spiro atoms. The summed E-state index contributed by atoms with van der Waals surface area (Å²) in [4.78, 5) is 32.3. The summed E-state index contributed by atoms with van der Waals surface area (Å²) in [7, 11) is 3.43. The van der Waals surface area contributed by atoms with E-state index in [2.05, 4.69) is 18.8 Å². The highest BCUT2D eigenvalue weighted by Gasteiger charge is 2.30. The van der Waals surface area contributed by atoms with Crippen LogP contribution in [0.25, 0.3) is 0 Å². The molecule has 22 heavy (non-hydrogen) atoms. The van der Waals surface area contributed by atoms with Crippen molar-refractivity contribution in [1.29, 1.82) is 0 Å². The van der Waals surface area contributed by atoms with E-state index in [9.17, 15) is 9.59 Å². The first kappa shape index (κ1) is 16.5. The number of hydrogen-bond donors (Lipinski definition) is 0. The minimum absolute atomic E-state index is 0.0860. The third kappa shape index (κ3) is 3.31. The Bertz CT molecular complexity index is 562. The molecule has 0 radical (unpaired) electrons. The van der Waals surface area contributed by atoms with E-state index in [1.807, 2.05) is 16.4 Å². The Labute approximate surface area is 132 Å². The minimum atomic E-state index is -0.105. The van der Waals surface area contributed by atoms with E-state index in [1.54, 1.807) is 20.3 Å². The highest BCUT2D eigenvalue weighted by atomic mass is 16.2. The molecule has 122 valence electrons. The molecule has 0 fully saturated rings. The van der Waals surface area contributed by atoms with Gasteiger partial charge in [-0.05, 0) is 19.3 Å². The quantitative estimate of drug-likeness (QED) is 0.854. The lowest BCUT2D eigenvalue weighted by Crippen LogP contribution is -2.41. The van der Waals surface area contributed by atoms with Gasteiger partial charge in [-0.3, -0.25) is 9.59 Å². The Balaban J connectivity index is 2.14. The van der Waals surface area contributed by atoms with E-state index >= 15 is 0 Å². The maximum absolute atomic E-state index is 12.4. The van der Waals surface area contributed by atoms with Crippen molar-refractivity contribution in [3.63, 3.8) is 0 Å². The fourth-order valence-electron chi connectivity index (χ4n) is 2.72. The lowest BCUT2D eigenvalue weighted by Gasteiger charge is -2.34. The van der Waals surface area contributed by atoms with Crippen molar-refractivity contribution < 1.29 is 9.59 Å². The fraction of sp³-hybridized carbons (Fsp3) is 0.688. The zero-order valence-electron chi connectivity index (χ0n) is 14.2. The number of aromatic nitrogens is 2. The molecule has 1 aromatic heterocycles. The number of nitrogens with zero attached hydrogens (tertiary/aromatic N) is 4. The topological polar surface area (TPSA) is 58.4 Å². The molecule has 2 rings (SSSR count). The van der Waals surface area contributed by atoms with Gasteiger partial charge in [-0.15, -0.1) is 0 Å². The summed E-state index contributed by atoms with van der Waals surface area (Å²) in [5.74, 6) is 1.40. The molecule has 6 nitrogen and oxygen atoms in total. The van der Waals surface area contributed by atoms with Crippen LogP contribution in [0.5, 0.6) is 0 Å². The number of imidazole rings is 1. The summed E-state index contributed by atoms with van der Waals surface area (Å²) >= 11 is 0. The predicted octanol–water partition coefficient (Wildman–Crippen LogP) is 1.92. The SMILES string of the molecule is CC(C)CCC(=O)N1CCn2cc(C(=O)N(C)C)nc2[C@@H]1C. The molecule has 1 aliphatic rings. The number of carbonyl (C=O) groups is 2. The fourth-order valence-corrected chi connectivity index (χ4v) is 2.72. The summed E-state index contributed by atoms with van der Waals surface area (Å²) < 4.78 is 1.99. The Morgan fingerprint density at radius 1 is 1.36 bits per heavy atom. The third-order valence-electron chi connectivity index (χ3n) is 4.11. The summed E-state index contributed by atoms with van der Waals surface area (Å²) in [6, 6.07) is -0.0860. The number of amides is 2. The van der Waals surface area contributed by atoms with Gasteiger partial charge in [0.2, 0.25) is 5.91 Å². The van der Waals surface area contributed by atoms with Crippen molar-refractivity contribution in [1.82, 2.24) is 19.4 Å². The van der Waals surface area contributed by atoms with Crippen LogP contribution in [0.15, 0.2) is 6.20 Å². The van der Waals surface area contributed by atoms with Crippen molar-refractivity contribution in [2.45, 2.75) is 46.2 Å². The Kier molecular flexibility index (Phi) is 4.88. The van der Waals surface area contributed by atoms with Crippen molar-refractivity contribution in [2.75, 3.05) is 20.6 Å². The summed E-state index contributed by atoms with van der Waals surface area (Å²) in [6.45, 7) is 7.60. The normalized spacial score (nSPS) is 17.5. The first-order valence-corrected chi connectivity index (χ1v) is 7.89. The van der Waals surface area contributed by atoms with E-state index < -0.39 is 0 Å². The molecule has 1 aliphatic heterocycles. The Hall–Kier alpha value is -1.85. The van der Waals surface area contributed by atoms with Gasteiger partial charge in [0.15, 0.2) is 0 Å². The molecule has 0 unspecified atom stereocenters. The van der Waals surface area contributed by atoms with Gasteiger partial charge in [-0.2, -0.15) is 0 Å². The maximum atomic E-state index is 12.4. The molecule has 6 heteroatoms. The molecule has 0 saturated heterocycles. The van der Waals surface area contributed by atoms with Crippen LogP contribution in [-0.2, 0) is 11.3 Å². The van der Waals surface area contributed by atoms with E-state index in [1.165, 1.54) is 4.90 Å². The third-order valence-corrected chi connectivity index (χ3v) is 4.11. The largest absolute Gasteiger partial charge is 0.343 e. The van der Waals surface area contributed by atoms with Gasteiger partial charge in [0.05, 0.1) is 6.04 Å². The van der Waals surface area contributed by atoms with Crippen LogP contribution < -0.4 is 0 Å². The Morgan fingerprint density at radius 3 is 2.64 bits per heavy atom. The van der Waals surface area contributed by atoms with Crippen LogP contribution in [0.2, 0.25) is 0 Å². The summed E-state index contributed by atoms with van der Waals surface area (Å²) in [5, 5.41) is 0. The van der Waals surface area contributed by atoms with Crippen molar-refractivity contribution in [3.8, 4) is 0 Å². The standard InChI is InChI=1S/C16H26N4O2/c1-11(2)6-7-14(21)20-9-8-19-10-13(16(22)18(4)5)17-15(19)12(20)3/h10-12H,6-9H2,1-5H3/t12-/m0/s1. The highest BCUT2D eigenvalue weighted by Crippen LogP contribution is 2.26. The predicted molar refractivity (Wildman–Crippen MR) is 84.4 cm³/mol. The second-order valence-corrected chi connectivity index (χ2v) is 6.57. The molecule has 1 atom stereocenters. The molecule has 2 amide bonds. The van der Waals surface area contributed by atoms with Crippen LogP contribution in [0.3, 0.4) is 0 Å². The molecule has 1 aromatic rings. The number of fused-ring (bicyclic) bond motifs is 1. The van der Waals surface area contributed by atoms with E-state index in [-0.39, 0.29) is 17.9 Å². The zero-order valence-corrected chi connectivity index (χ0v) is 14.2. The van der Waals surface area contributed by atoms with Gasteiger partial charge in [0, 0.05) is 39.8 Å². The highest BCUT2D eigenvalue weighted by molar-refractivity contribution is 5.91. The van der Waals surface area contributed by atoms with Crippen LogP contribution in [0, 0.1) is 5.92 Å². The van der Waals surface area contributed by atoms with Gasteiger partial charge < -0.3 is 14.4 Å². The first-order chi connectivity index (χ1) is 10.3. The lowest BCUT2D eigenvalue weighted by molar-refractivity contribution is -0.134. The molecule has 0 aromatic carbocycles. The number of rotatable bonds is 4. The van der Waals surface area contributed by atoms with Crippen LogP contribution in [0.1, 0.15) is 56.0 Å². The van der Waals surface area contributed by atoms with E-state index in [4.69, 9.17) is 0 Å². The molecular weight excluding hydrogens is 280 g/mol. The molecule has 0 aliphatic carbocycles. The lowest BCUT2D eigenvalue weighted by atomic mass is 10.1.